The minimum atomic E-state index is -4.24. The molecule has 0 saturated carbocycles. The summed E-state index contributed by atoms with van der Waals surface area (Å²) in [6, 6.07) is 6.54. The Kier molecular flexibility index (Phi) is 7.96. The number of anilines is 1. The number of benzene rings is 1. The van der Waals surface area contributed by atoms with Crippen LogP contribution in [0.4, 0.5) is 5.00 Å². The van der Waals surface area contributed by atoms with E-state index in [2.05, 4.69) is 22.4 Å². The number of ether oxygens (including phenoxy) is 2. The number of hydrogen-bond donors (Lipinski definition) is 1. The summed E-state index contributed by atoms with van der Waals surface area (Å²) in [6.07, 6.45) is 2.39. The Hall–Kier alpha value is -2.96. The monoisotopic (exact) mass is 553 g/mol. The summed E-state index contributed by atoms with van der Waals surface area (Å²) in [5, 5.41) is 9.94. The van der Waals surface area contributed by atoms with E-state index in [1.54, 1.807) is 31.2 Å². The lowest BCUT2D eigenvalue weighted by molar-refractivity contribution is -0.113. The van der Waals surface area contributed by atoms with Crippen LogP contribution in [-0.4, -0.2) is 42.9 Å². The van der Waals surface area contributed by atoms with E-state index in [0.717, 1.165) is 23.3 Å². The van der Waals surface area contributed by atoms with E-state index in [4.69, 9.17) is 25.5 Å². The van der Waals surface area contributed by atoms with Gasteiger partial charge in [-0.3, -0.25) is 4.79 Å². The Morgan fingerprint density at radius 3 is 2.72 bits per heavy atom. The maximum absolute atomic E-state index is 12.7. The maximum atomic E-state index is 12.7. The SMILES string of the molecule is CCOC(=O)c1c(NC(=O)CS(=O)(=O)c2nnc(COc3ccc(Cl)cc3)o2)sc2c1CCC(C)C2. The van der Waals surface area contributed by atoms with Gasteiger partial charge in [-0.15, -0.1) is 16.4 Å². The second-order valence-electron chi connectivity index (χ2n) is 8.29. The van der Waals surface area contributed by atoms with Crippen LogP contribution in [0.25, 0.3) is 0 Å². The topological polar surface area (TPSA) is 138 Å². The number of hydrogen-bond acceptors (Lipinski definition) is 10. The number of carbonyl (C=O) groups excluding carboxylic acids is 2. The Morgan fingerprint density at radius 1 is 1.25 bits per heavy atom. The van der Waals surface area contributed by atoms with Crippen molar-refractivity contribution >= 4 is 49.7 Å². The first kappa shape index (κ1) is 26.1. The zero-order valence-electron chi connectivity index (χ0n) is 19.6. The summed E-state index contributed by atoms with van der Waals surface area (Å²) in [6.45, 7) is 3.83. The van der Waals surface area contributed by atoms with Gasteiger partial charge in [-0.25, -0.2) is 13.2 Å². The summed E-state index contributed by atoms with van der Waals surface area (Å²) in [5.41, 5.74) is 1.16. The van der Waals surface area contributed by atoms with E-state index < -0.39 is 32.7 Å². The number of fused-ring (bicyclic) bond motifs is 1. The molecule has 192 valence electrons. The van der Waals surface area contributed by atoms with Crippen LogP contribution in [-0.2, 0) is 38.8 Å². The maximum Gasteiger partial charge on any atom is 0.341 e. The first-order chi connectivity index (χ1) is 17.2. The Labute approximate surface area is 216 Å². The van der Waals surface area contributed by atoms with E-state index in [0.29, 0.717) is 28.7 Å². The molecule has 0 saturated heterocycles. The van der Waals surface area contributed by atoms with Crippen LogP contribution < -0.4 is 10.1 Å². The van der Waals surface area contributed by atoms with Gasteiger partial charge in [0.25, 0.3) is 5.89 Å². The van der Waals surface area contributed by atoms with Gasteiger partial charge in [0.1, 0.15) is 16.5 Å². The van der Waals surface area contributed by atoms with Crippen LogP contribution in [0.1, 0.15) is 47.0 Å². The molecule has 4 rings (SSSR count). The van der Waals surface area contributed by atoms with E-state index >= 15 is 0 Å². The lowest BCUT2D eigenvalue weighted by Gasteiger charge is -2.18. The third-order valence-corrected chi connectivity index (χ3v) is 8.22. The molecule has 1 N–H and O–H groups in total. The lowest BCUT2D eigenvalue weighted by Crippen LogP contribution is -2.24. The number of aromatic nitrogens is 2. The first-order valence-electron chi connectivity index (χ1n) is 11.2. The number of esters is 1. The quantitative estimate of drug-likeness (QED) is 0.388. The standard InChI is InChI=1S/C23H24ClN3O7S2/c1-3-32-22(29)20-16-9-4-13(2)10-17(16)35-21(20)25-18(28)12-36(30,31)23-27-26-19(34-23)11-33-15-7-5-14(24)6-8-15/h5-8,13H,3-4,9-12H2,1-2H3,(H,25,28). The Balaban J connectivity index is 1.44. The number of nitrogens with zero attached hydrogens (tertiary/aromatic N) is 2. The van der Waals surface area contributed by atoms with Crippen LogP contribution in [0, 0.1) is 5.92 Å². The summed E-state index contributed by atoms with van der Waals surface area (Å²) >= 11 is 7.10. The van der Waals surface area contributed by atoms with E-state index in [-0.39, 0.29) is 24.1 Å². The predicted molar refractivity (Wildman–Crippen MR) is 132 cm³/mol. The highest BCUT2D eigenvalue weighted by Crippen LogP contribution is 2.40. The molecule has 2 aromatic heterocycles. The average Bonchev–Trinajstić information content (AvgIpc) is 3.43. The normalized spacial score (nSPS) is 15.2. The fourth-order valence-corrected chi connectivity index (χ4v) is 6.22. The largest absolute Gasteiger partial charge is 0.484 e. The second-order valence-corrected chi connectivity index (χ2v) is 11.7. The summed E-state index contributed by atoms with van der Waals surface area (Å²) in [7, 11) is -4.24. The molecule has 36 heavy (non-hydrogen) atoms. The van der Waals surface area contributed by atoms with Crippen molar-refractivity contribution in [1.82, 2.24) is 10.2 Å². The van der Waals surface area contributed by atoms with Crippen molar-refractivity contribution in [3.8, 4) is 5.75 Å². The van der Waals surface area contributed by atoms with Crippen molar-refractivity contribution < 1.29 is 31.9 Å². The molecule has 10 nitrogen and oxygen atoms in total. The van der Waals surface area contributed by atoms with Crippen LogP contribution >= 0.6 is 22.9 Å². The fourth-order valence-electron chi connectivity index (χ4n) is 3.75. The van der Waals surface area contributed by atoms with Crippen molar-refractivity contribution in [3.63, 3.8) is 0 Å². The van der Waals surface area contributed by atoms with E-state index in [1.807, 2.05) is 0 Å². The highest BCUT2D eigenvalue weighted by atomic mass is 35.5. The highest BCUT2D eigenvalue weighted by Gasteiger charge is 2.31. The molecule has 0 aliphatic heterocycles. The van der Waals surface area contributed by atoms with Gasteiger partial charge in [-0.05, 0) is 61.9 Å². The second kappa shape index (κ2) is 11.0. The van der Waals surface area contributed by atoms with Crippen LogP contribution in [0.5, 0.6) is 5.75 Å². The zero-order chi connectivity index (χ0) is 25.9. The number of carbonyl (C=O) groups is 2. The van der Waals surface area contributed by atoms with Gasteiger partial charge < -0.3 is 19.2 Å². The average molecular weight is 554 g/mol. The third-order valence-electron chi connectivity index (χ3n) is 5.46. The van der Waals surface area contributed by atoms with Gasteiger partial charge in [0.15, 0.2) is 6.61 Å². The molecule has 0 spiro atoms. The molecule has 13 heteroatoms. The number of nitrogens with one attached hydrogen (secondary N) is 1. The lowest BCUT2D eigenvalue weighted by atomic mass is 9.88. The third kappa shape index (κ3) is 6.05. The van der Waals surface area contributed by atoms with Crippen molar-refractivity contribution in [2.75, 3.05) is 17.7 Å². The number of sulfone groups is 1. The summed E-state index contributed by atoms with van der Waals surface area (Å²) < 4.78 is 41.3. The van der Waals surface area contributed by atoms with Gasteiger partial charge in [0, 0.05) is 9.90 Å². The molecular formula is C23H24ClN3O7S2. The van der Waals surface area contributed by atoms with Crippen molar-refractivity contribution in [2.45, 2.75) is 44.9 Å². The fraction of sp³-hybridized carbons (Fsp3) is 0.391. The molecule has 1 atom stereocenters. The van der Waals surface area contributed by atoms with Gasteiger partial charge >= 0.3 is 11.2 Å². The minimum absolute atomic E-state index is 0.0754. The number of halogens is 1. The van der Waals surface area contributed by atoms with Crippen molar-refractivity contribution in [1.29, 1.82) is 0 Å². The molecule has 1 aromatic carbocycles. The number of amides is 1. The van der Waals surface area contributed by atoms with Gasteiger partial charge in [0.05, 0.1) is 12.2 Å². The molecule has 1 aliphatic rings. The Morgan fingerprint density at radius 2 is 2.00 bits per heavy atom. The first-order valence-corrected chi connectivity index (χ1v) is 14.1. The predicted octanol–water partition coefficient (Wildman–Crippen LogP) is 4.08. The molecule has 0 bridgehead atoms. The molecule has 3 aromatic rings. The van der Waals surface area contributed by atoms with Crippen molar-refractivity contribution in [3.05, 3.63) is 51.2 Å². The summed E-state index contributed by atoms with van der Waals surface area (Å²) in [5.74, 6) is -1.45. The number of thiophene rings is 1. The van der Waals surface area contributed by atoms with Gasteiger partial charge in [-0.2, -0.15) is 0 Å². The van der Waals surface area contributed by atoms with Crippen molar-refractivity contribution in [2.24, 2.45) is 5.92 Å². The van der Waals surface area contributed by atoms with Crippen LogP contribution in [0.3, 0.4) is 0 Å². The number of rotatable bonds is 9. The van der Waals surface area contributed by atoms with Gasteiger partial charge in [0.2, 0.25) is 15.7 Å². The Bertz CT molecular complexity index is 1370. The highest BCUT2D eigenvalue weighted by molar-refractivity contribution is 7.91. The minimum Gasteiger partial charge on any atom is -0.484 e. The zero-order valence-corrected chi connectivity index (χ0v) is 22.0. The smallest absolute Gasteiger partial charge is 0.341 e. The molecule has 1 amide bonds. The van der Waals surface area contributed by atoms with Crippen LogP contribution in [0.2, 0.25) is 5.02 Å². The molecular weight excluding hydrogens is 530 g/mol. The van der Waals surface area contributed by atoms with Gasteiger partial charge in [-0.1, -0.05) is 23.6 Å². The van der Waals surface area contributed by atoms with Crippen LogP contribution in [0.15, 0.2) is 33.9 Å². The molecule has 0 fully saturated rings. The molecule has 1 aliphatic carbocycles. The molecule has 2 heterocycles. The van der Waals surface area contributed by atoms with E-state index in [1.165, 1.54) is 11.3 Å². The van der Waals surface area contributed by atoms with E-state index in [9.17, 15) is 18.0 Å². The molecule has 0 radical (unpaired) electrons. The molecule has 1 unspecified atom stereocenters. The summed E-state index contributed by atoms with van der Waals surface area (Å²) in [4.78, 5) is 26.3.